The molecular formula is C27H26N2O2. The fourth-order valence-electron chi connectivity index (χ4n) is 3.87. The predicted molar refractivity (Wildman–Crippen MR) is 125 cm³/mol. The molecule has 1 N–H and O–H groups in total. The van der Waals surface area contributed by atoms with E-state index in [0.717, 1.165) is 22.4 Å². The molecule has 156 valence electrons. The summed E-state index contributed by atoms with van der Waals surface area (Å²) in [6.07, 6.45) is 1.89. The number of hydrogen-bond donors (Lipinski definition) is 1. The van der Waals surface area contributed by atoms with Crippen LogP contribution in [0.15, 0.2) is 84.9 Å². The topological polar surface area (TPSA) is 49.4 Å². The molecule has 0 aliphatic carbocycles. The Kier molecular flexibility index (Phi) is 5.47. The van der Waals surface area contributed by atoms with E-state index in [1.165, 1.54) is 0 Å². The second kappa shape index (κ2) is 8.23. The fraction of sp³-hybridized carbons (Fsp3) is 0.185. The van der Waals surface area contributed by atoms with Crippen LogP contribution in [-0.4, -0.2) is 17.4 Å². The van der Waals surface area contributed by atoms with Crippen molar-refractivity contribution in [3.63, 3.8) is 0 Å². The van der Waals surface area contributed by atoms with E-state index in [2.05, 4.69) is 5.32 Å². The molecule has 31 heavy (non-hydrogen) atoms. The Morgan fingerprint density at radius 3 is 2.10 bits per heavy atom. The highest BCUT2D eigenvalue weighted by Crippen LogP contribution is 2.42. The zero-order valence-corrected chi connectivity index (χ0v) is 18.0. The highest BCUT2D eigenvalue weighted by molar-refractivity contribution is 6.36. The van der Waals surface area contributed by atoms with Crippen LogP contribution in [0.3, 0.4) is 0 Å². The largest absolute Gasteiger partial charge is 0.349 e. The number of fused-ring (bicyclic) bond motifs is 1. The number of carbonyl (C=O) groups excluding carboxylic acids is 2. The van der Waals surface area contributed by atoms with E-state index in [1.54, 1.807) is 4.90 Å². The van der Waals surface area contributed by atoms with Gasteiger partial charge >= 0.3 is 0 Å². The molecule has 0 spiro atoms. The van der Waals surface area contributed by atoms with Crippen LogP contribution in [0.25, 0.3) is 11.6 Å². The lowest BCUT2D eigenvalue weighted by atomic mass is 10.0. The first-order valence-corrected chi connectivity index (χ1v) is 10.4. The van der Waals surface area contributed by atoms with Gasteiger partial charge in [0.25, 0.3) is 5.91 Å². The van der Waals surface area contributed by atoms with Crippen LogP contribution in [-0.2, 0) is 9.59 Å². The third kappa shape index (κ3) is 4.29. The van der Waals surface area contributed by atoms with Gasteiger partial charge in [0.1, 0.15) is 6.04 Å². The molecule has 0 saturated carbocycles. The normalized spacial score (nSPS) is 15.6. The Balaban J connectivity index is 1.85. The number of hydrogen-bond acceptors (Lipinski definition) is 2. The van der Waals surface area contributed by atoms with Crippen LogP contribution in [0.5, 0.6) is 0 Å². The Labute approximate surface area is 183 Å². The van der Waals surface area contributed by atoms with Gasteiger partial charge in [0.2, 0.25) is 5.91 Å². The summed E-state index contributed by atoms with van der Waals surface area (Å²) in [6, 6.07) is 26.1. The third-order valence-corrected chi connectivity index (χ3v) is 5.13. The summed E-state index contributed by atoms with van der Waals surface area (Å²) in [7, 11) is 0. The zero-order chi connectivity index (χ0) is 22.0. The van der Waals surface area contributed by atoms with Crippen LogP contribution in [0, 0.1) is 0 Å². The second-order valence-electron chi connectivity index (χ2n) is 8.71. The minimum absolute atomic E-state index is 0.178. The Bertz CT molecular complexity index is 1130. The van der Waals surface area contributed by atoms with Crippen molar-refractivity contribution in [1.82, 2.24) is 5.32 Å². The lowest BCUT2D eigenvalue weighted by molar-refractivity contribution is -0.126. The van der Waals surface area contributed by atoms with Crippen LogP contribution >= 0.6 is 0 Å². The average molecular weight is 411 g/mol. The first-order chi connectivity index (χ1) is 14.8. The maximum absolute atomic E-state index is 13.7. The first kappa shape index (κ1) is 20.6. The van der Waals surface area contributed by atoms with E-state index in [4.69, 9.17) is 0 Å². The summed E-state index contributed by atoms with van der Waals surface area (Å²) in [6.45, 7) is 5.81. The molecule has 0 radical (unpaired) electrons. The molecule has 1 heterocycles. The highest BCUT2D eigenvalue weighted by atomic mass is 16.2. The lowest BCUT2D eigenvalue weighted by Crippen LogP contribution is -2.48. The molecule has 4 nitrogen and oxygen atoms in total. The van der Waals surface area contributed by atoms with Gasteiger partial charge in [-0.2, -0.15) is 0 Å². The van der Waals surface area contributed by atoms with Gasteiger partial charge in [0.15, 0.2) is 0 Å². The standard InChI is InChI=1S/C27H26N2O2/c1-27(2,3)28-25(30)24(20-14-8-5-9-15-20)29-23-17-11-10-16-21(23)22(26(29)31)18-19-12-6-4-7-13-19/h4-18,24H,1-3H3,(H,28,30)/b22-18+. The van der Waals surface area contributed by atoms with Gasteiger partial charge in [-0.05, 0) is 44.0 Å². The zero-order valence-electron chi connectivity index (χ0n) is 18.0. The average Bonchev–Trinajstić information content (AvgIpc) is 3.01. The number of benzene rings is 3. The third-order valence-electron chi connectivity index (χ3n) is 5.13. The number of anilines is 1. The smallest absolute Gasteiger partial charge is 0.260 e. The SMILES string of the molecule is CC(C)(C)NC(=O)C(c1ccccc1)N1C(=O)/C(=C/c2ccccc2)c2ccccc21. The highest BCUT2D eigenvalue weighted by Gasteiger charge is 2.41. The number of para-hydroxylation sites is 1. The van der Waals surface area contributed by atoms with E-state index in [1.807, 2.05) is 112 Å². The van der Waals surface area contributed by atoms with Crippen molar-refractivity contribution in [3.05, 3.63) is 102 Å². The number of nitrogens with one attached hydrogen (secondary N) is 1. The van der Waals surface area contributed by atoms with Crippen molar-refractivity contribution in [2.45, 2.75) is 32.4 Å². The Morgan fingerprint density at radius 1 is 0.871 bits per heavy atom. The van der Waals surface area contributed by atoms with E-state index in [-0.39, 0.29) is 11.8 Å². The molecule has 1 atom stereocenters. The van der Waals surface area contributed by atoms with Gasteiger partial charge in [-0.1, -0.05) is 78.9 Å². The molecule has 3 aromatic rings. The summed E-state index contributed by atoms with van der Waals surface area (Å²) in [5, 5.41) is 3.06. The van der Waals surface area contributed by atoms with Crippen molar-refractivity contribution in [2.75, 3.05) is 4.90 Å². The molecule has 4 heteroatoms. The quantitative estimate of drug-likeness (QED) is 0.599. The van der Waals surface area contributed by atoms with E-state index < -0.39 is 11.6 Å². The van der Waals surface area contributed by atoms with Crippen LogP contribution in [0.4, 0.5) is 5.69 Å². The van der Waals surface area contributed by atoms with E-state index in [0.29, 0.717) is 5.57 Å². The molecule has 0 saturated heterocycles. The van der Waals surface area contributed by atoms with E-state index >= 15 is 0 Å². The number of nitrogens with zero attached hydrogens (tertiary/aromatic N) is 1. The van der Waals surface area contributed by atoms with Gasteiger partial charge in [-0.15, -0.1) is 0 Å². The van der Waals surface area contributed by atoms with Crippen LogP contribution < -0.4 is 10.2 Å². The lowest BCUT2D eigenvalue weighted by Gasteiger charge is -2.31. The minimum atomic E-state index is -0.768. The number of carbonyl (C=O) groups is 2. The van der Waals surface area contributed by atoms with Gasteiger partial charge in [-0.25, -0.2) is 0 Å². The van der Waals surface area contributed by atoms with Crippen molar-refractivity contribution < 1.29 is 9.59 Å². The summed E-state index contributed by atoms with van der Waals surface area (Å²) in [5.74, 6) is -0.384. The van der Waals surface area contributed by atoms with Gasteiger partial charge in [0.05, 0.1) is 5.69 Å². The minimum Gasteiger partial charge on any atom is -0.349 e. The molecule has 2 amide bonds. The van der Waals surface area contributed by atoms with Gasteiger partial charge < -0.3 is 5.32 Å². The van der Waals surface area contributed by atoms with Crippen molar-refractivity contribution in [3.8, 4) is 0 Å². The summed E-state index contributed by atoms with van der Waals surface area (Å²) >= 11 is 0. The fourth-order valence-corrected chi connectivity index (χ4v) is 3.87. The van der Waals surface area contributed by atoms with Gasteiger partial charge in [-0.3, -0.25) is 14.5 Å². The molecule has 0 bridgehead atoms. The van der Waals surface area contributed by atoms with Crippen LogP contribution in [0.2, 0.25) is 0 Å². The molecule has 1 unspecified atom stereocenters. The summed E-state index contributed by atoms with van der Waals surface area (Å²) in [4.78, 5) is 28.8. The Hall–Kier alpha value is -3.66. The maximum atomic E-state index is 13.7. The van der Waals surface area contributed by atoms with E-state index in [9.17, 15) is 9.59 Å². The van der Waals surface area contributed by atoms with Crippen LogP contribution in [0.1, 0.15) is 43.5 Å². The molecule has 1 aliphatic rings. The first-order valence-electron chi connectivity index (χ1n) is 10.4. The monoisotopic (exact) mass is 410 g/mol. The molecule has 3 aromatic carbocycles. The second-order valence-corrected chi connectivity index (χ2v) is 8.71. The predicted octanol–water partition coefficient (Wildman–Crippen LogP) is 5.23. The number of rotatable bonds is 4. The van der Waals surface area contributed by atoms with Crippen molar-refractivity contribution in [2.24, 2.45) is 0 Å². The molecular weight excluding hydrogens is 384 g/mol. The molecule has 0 aromatic heterocycles. The van der Waals surface area contributed by atoms with Gasteiger partial charge in [0, 0.05) is 16.7 Å². The van der Waals surface area contributed by atoms with Crippen molar-refractivity contribution >= 4 is 29.2 Å². The Morgan fingerprint density at radius 2 is 1.45 bits per heavy atom. The molecule has 1 aliphatic heterocycles. The summed E-state index contributed by atoms with van der Waals surface area (Å²) < 4.78 is 0. The summed E-state index contributed by atoms with van der Waals surface area (Å²) in [5.41, 5.74) is 3.46. The van der Waals surface area contributed by atoms with Crippen molar-refractivity contribution in [1.29, 1.82) is 0 Å². The molecule has 4 rings (SSSR count). The number of amides is 2. The maximum Gasteiger partial charge on any atom is 0.260 e. The molecule has 0 fully saturated rings.